The Morgan fingerprint density at radius 2 is 1.59 bits per heavy atom. The Bertz CT molecular complexity index is 1320. The van der Waals surface area contributed by atoms with Crippen molar-refractivity contribution in [2.24, 2.45) is 0 Å². The van der Waals surface area contributed by atoms with Crippen molar-refractivity contribution in [2.75, 3.05) is 5.32 Å². The van der Waals surface area contributed by atoms with Gasteiger partial charge in [-0.1, -0.05) is 18.2 Å². The van der Waals surface area contributed by atoms with Gasteiger partial charge in [0.1, 0.15) is 5.82 Å². The van der Waals surface area contributed by atoms with Crippen LogP contribution in [-0.2, 0) is 0 Å². The first-order valence-electron chi connectivity index (χ1n) is 9.12. The number of hydrogen-bond acceptors (Lipinski definition) is 5. The normalized spacial score (nSPS) is 11.0. The molecule has 29 heavy (non-hydrogen) atoms. The number of para-hydroxylation sites is 1. The minimum Gasteiger partial charge on any atom is -0.306 e. The Hall–Kier alpha value is -3.38. The minimum absolute atomic E-state index is 0.102. The maximum atomic E-state index is 13.0. The van der Waals surface area contributed by atoms with E-state index in [-0.39, 0.29) is 17.5 Å². The molecule has 0 aliphatic heterocycles. The average Bonchev–Trinajstić information content (AvgIpc) is 3.04. The lowest BCUT2D eigenvalue weighted by atomic mass is 9.98. The van der Waals surface area contributed by atoms with E-state index in [1.807, 2.05) is 30.3 Å². The second-order valence-electron chi connectivity index (χ2n) is 6.88. The van der Waals surface area contributed by atoms with Gasteiger partial charge < -0.3 is 5.32 Å². The number of rotatable bonds is 4. The molecule has 0 atom stereocenters. The van der Waals surface area contributed by atoms with Crippen molar-refractivity contribution in [2.45, 2.75) is 20.8 Å². The van der Waals surface area contributed by atoms with Crippen LogP contribution < -0.4 is 5.32 Å². The number of hydrogen-bond donors (Lipinski definition) is 1. The quantitative estimate of drug-likeness (QED) is 0.463. The SMILES string of the molecule is CC(=O)c1ccc(C(C)=O)c2c(C)c(C(=O)Nc3ccc4ccccc4n3)sc12. The van der Waals surface area contributed by atoms with E-state index in [1.54, 1.807) is 25.1 Å². The van der Waals surface area contributed by atoms with Gasteiger partial charge in [-0.15, -0.1) is 11.3 Å². The monoisotopic (exact) mass is 402 g/mol. The van der Waals surface area contributed by atoms with E-state index in [2.05, 4.69) is 10.3 Å². The number of benzene rings is 2. The van der Waals surface area contributed by atoms with Gasteiger partial charge in [-0.25, -0.2) is 4.98 Å². The van der Waals surface area contributed by atoms with Crippen LogP contribution in [0.25, 0.3) is 21.0 Å². The summed E-state index contributed by atoms with van der Waals surface area (Å²) in [6.45, 7) is 4.77. The predicted octanol–water partition coefficient (Wildman–Crippen LogP) is 5.42. The zero-order valence-electron chi connectivity index (χ0n) is 16.2. The molecule has 4 rings (SSSR count). The van der Waals surface area contributed by atoms with E-state index in [4.69, 9.17) is 0 Å². The molecule has 0 spiro atoms. The van der Waals surface area contributed by atoms with Crippen molar-refractivity contribution in [3.63, 3.8) is 0 Å². The molecule has 144 valence electrons. The zero-order chi connectivity index (χ0) is 20.7. The number of aryl methyl sites for hydroxylation is 1. The van der Waals surface area contributed by atoms with Crippen LogP contribution in [0.3, 0.4) is 0 Å². The molecule has 2 heterocycles. The number of thiophene rings is 1. The highest BCUT2D eigenvalue weighted by molar-refractivity contribution is 7.21. The van der Waals surface area contributed by atoms with Gasteiger partial charge in [0.25, 0.3) is 5.91 Å². The molecule has 0 fully saturated rings. The molecule has 5 nitrogen and oxygen atoms in total. The van der Waals surface area contributed by atoms with E-state index in [0.29, 0.717) is 37.5 Å². The standard InChI is InChI=1S/C23H18N2O3S/c1-12-20-16(13(2)26)9-10-17(14(3)27)22(20)29-21(12)23(28)25-19-11-8-15-6-4-5-7-18(15)24-19/h4-11H,1-3H3,(H,24,25,28). The molecule has 1 amide bonds. The number of aromatic nitrogens is 1. The van der Waals surface area contributed by atoms with E-state index in [0.717, 1.165) is 10.9 Å². The van der Waals surface area contributed by atoms with Crippen molar-refractivity contribution in [3.8, 4) is 0 Å². The lowest BCUT2D eigenvalue weighted by Gasteiger charge is -2.06. The fraction of sp³-hybridized carbons (Fsp3) is 0.130. The van der Waals surface area contributed by atoms with Crippen LogP contribution in [0.15, 0.2) is 48.5 Å². The summed E-state index contributed by atoms with van der Waals surface area (Å²) in [7, 11) is 0. The van der Waals surface area contributed by atoms with Crippen LogP contribution in [0.2, 0.25) is 0 Å². The zero-order valence-corrected chi connectivity index (χ0v) is 17.0. The molecule has 0 aliphatic carbocycles. The molecular formula is C23H18N2O3S. The third-order valence-corrected chi connectivity index (χ3v) is 6.21. The Morgan fingerprint density at radius 1 is 0.897 bits per heavy atom. The van der Waals surface area contributed by atoms with Crippen molar-refractivity contribution in [3.05, 3.63) is 70.1 Å². The lowest BCUT2D eigenvalue weighted by Crippen LogP contribution is -2.12. The molecule has 0 aliphatic rings. The molecule has 0 saturated carbocycles. The van der Waals surface area contributed by atoms with Gasteiger partial charge in [-0.3, -0.25) is 14.4 Å². The molecule has 1 N–H and O–H groups in total. The summed E-state index contributed by atoms with van der Waals surface area (Å²) in [4.78, 5) is 42.1. The van der Waals surface area contributed by atoms with Gasteiger partial charge in [0.15, 0.2) is 11.6 Å². The van der Waals surface area contributed by atoms with Gasteiger partial charge >= 0.3 is 0 Å². The molecule has 6 heteroatoms. The number of anilines is 1. The van der Waals surface area contributed by atoms with Gasteiger partial charge in [0.2, 0.25) is 0 Å². The summed E-state index contributed by atoms with van der Waals surface area (Å²) >= 11 is 1.23. The van der Waals surface area contributed by atoms with E-state index in [1.165, 1.54) is 25.2 Å². The number of carbonyl (C=O) groups excluding carboxylic acids is 3. The highest BCUT2D eigenvalue weighted by Gasteiger charge is 2.22. The summed E-state index contributed by atoms with van der Waals surface area (Å²) in [5, 5.41) is 4.50. The van der Waals surface area contributed by atoms with E-state index < -0.39 is 0 Å². The number of amides is 1. The summed E-state index contributed by atoms with van der Waals surface area (Å²) in [6, 6.07) is 14.6. The fourth-order valence-electron chi connectivity index (χ4n) is 3.45. The van der Waals surface area contributed by atoms with Crippen LogP contribution in [0.4, 0.5) is 5.82 Å². The molecule has 2 aromatic heterocycles. The molecule has 0 bridgehead atoms. The highest BCUT2D eigenvalue weighted by Crippen LogP contribution is 2.36. The maximum absolute atomic E-state index is 13.0. The van der Waals surface area contributed by atoms with E-state index >= 15 is 0 Å². The number of nitrogens with zero attached hydrogens (tertiary/aromatic N) is 1. The topological polar surface area (TPSA) is 76.1 Å². The Labute approximate surface area is 171 Å². The van der Waals surface area contributed by atoms with Crippen LogP contribution in [0.1, 0.15) is 49.8 Å². The van der Waals surface area contributed by atoms with Crippen LogP contribution in [-0.4, -0.2) is 22.5 Å². The van der Waals surface area contributed by atoms with Gasteiger partial charge in [-0.2, -0.15) is 0 Å². The molecule has 0 unspecified atom stereocenters. The number of carbonyl (C=O) groups is 3. The number of nitrogens with one attached hydrogen (secondary N) is 1. The third-order valence-electron chi connectivity index (χ3n) is 4.88. The number of Topliss-reactive ketones (excluding diaryl/α,β-unsaturated/α-hetero) is 2. The number of pyridine rings is 1. The highest BCUT2D eigenvalue weighted by atomic mass is 32.1. The fourth-order valence-corrected chi connectivity index (χ4v) is 4.74. The van der Waals surface area contributed by atoms with Crippen molar-refractivity contribution >= 4 is 55.6 Å². The third kappa shape index (κ3) is 3.32. The number of fused-ring (bicyclic) bond motifs is 2. The molecule has 2 aromatic carbocycles. The first-order chi connectivity index (χ1) is 13.9. The van der Waals surface area contributed by atoms with Gasteiger partial charge in [0.05, 0.1) is 10.4 Å². The first-order valence-corrected chi connectivity index (χ1v) is 9.93. The Morgan fingerprint density at radius 3 is 2.31 bits per heavy atom. The van der Waals surface area contributed by atoms with Gasteiger partial charge in [0, 0.05) is 26.6 Å². The molecule has 0 saturated heterocycles. The minimum atomic E-state index is -0.310. The van der Waals surface area contributed by atoms with Crippen LogP contribution in [0.5, 0.6) is 0 Å². The molecule has 0 radical (unpaired) electrons. The lowest BCUT2D eigenvalue weighted by molar-refractivity contribution is 0.100. The first kappa shape index (κ1) is 19.0. The smallest absolute Gasteiger partial charge is 0.267 e. The number of ketones is 2. The largest absolute Gasteiger partial charge is 0.306 e. The summed E-state index contributed by atoms with van der Waals surface area (Å²) in [5.41, 5.74) is 2.51. The summed E-state index contributed by atoms with van der Waals surface area (Å²) in [6.07, 6.45) is 0. The van der Waals surface area contributed by atoms with E-state index in [9.17, 15) is 14.4 Å². The van der Waals surface area contributed by atoms with Gasteiger partial charge in [-0.05, 0) is 56.7 Å². The summed E-state index contributed by atoms with van der Waals surface area (Å²) < 4.78 is 0.666. The Balaban J connectivity index is 1.80. The molecule has 4 aromatic rings. The second-order valence-corrected chi connectivity index (χ2v) is 7.90. The van der Waals surface area contributed by atoms with Crippen LogP contribution >= 0.6 is 11.3 Å². The summed E-state index contributed by atoms with van der Waals surface area (Å²) in [5.74, 6) is -0.0664. The maximum Gasteiger partial charge on any atom is 0.267 e. The Kier molecular flexibility index (Phi) is 4.72. The second kappa shape index (κ2) is 7.22. The van der Waals surface area contributed by atoms with Crippen LogP contribution in [0, 0.1) is 6.92 Å². The van der Waals surface area contributed by atoms with Crippen molar-refractivity contribution < 1.29 is 14.4 Å². The average molecular weight is 402 g/mol. The molecular weight excluding hydrogens is 384 g/mol. The van der Waals surface area contributed by atoms with Crippen molar-refractivity contribution in [1.82, 2.24) is 4.98 Å². The predicted molar refractivity (Wildman–Crippen MR) is 116 cm³/mol. The van der Waals surface area contributed by atoms with Crippen molar-refractivity contribution in [1.29, 1.82) is 0 Å².